The number of primary amides is 1. The Kier molecular flexibility index (Phi) is 8.84. The average molecular weight is 487 g/mol. The lowest BCUT2D eigenvalue weighted by Crippen LogP contribution is -2.53. The van der Waals surface area contributed by atoms with Crippen LogP contribution in [0.3, 0.4) is 0 Å². The monoisotopic (exact) mass is 487 g/mol. The molecular formula is C20H34IN5O. The van der Waals surface area contributed by atoms with Gasteiger partial charge in [0.25, 0.3) is 0 Å². The summed E-state index contributed by atoms with van der Waals surface area (Å²) in [6.07, 6.45) is 0. The smallest absolute Gasteiger partial charge is 0.224 e. The Bertz CT molecular complexity index is 666. The van der Waals surface area contributed by atoms with Crippen LogP contribution in [0.15, 0.2) is 23.2 Å². The third-order valence-corrected chi connectivity index (χ3v) is 5.12. The third kappa shape index (κ3) is 5.99. The minimum absolute atomic E-state index is 0. The van der Waals surface area contributed by atoms with Crippen molar-refractivity contribution in [2.45, 2.75) is 34.6 Å². The molecule has 0 radical (unpaired) electrons. The van der Waals surface area contributed by atoms with Crippen molar-refractivity contribution in [1.29, 1.82) is 0 Å². The minimum Gasteiger partial charge on any atom is -0.369 e. The Labute approximate surface area is 180 Å². The van der Waals surface area contributed by atoms with Gasteiger partial charge in [-0.1, -0.05) is 12.1 Å². The third-order valence-electron chi connectivity index (χ3n) is 5.12. The van der Waals surface area contributed by atoms with Crippen LogP contribution >= 0.6 is 24.0 Å². The van der Waals surface area contributed by atoms with Gasteiger partial charge < -0.3 is 20.9 Å². The predicted octanol–water partition coefficient (Wildman–Crippen LogP) is 2.52. The van der Waals surface area contributed by atoms with Gasteiger partial charge in [0.1, 0.15) is 0 Å². The fourth-order valence-corrected chi connectivity index (χ4v) is 3.01. The minimum atomic E-state index is -0.638. The molecule has 7 heteroatoms. The summed E-state index contributed by atoms with van der Waals surface area (Å²) in [4.78, 5) is 20.9. The standard InChI is InChI=1S/C20H33N5O.HI/c1-6-22-19(23-14-20(4,5)18(21)26)25-12-10-24(11-13-25)17-9-7-8-15(2)16(17)3;/h7-9H,6,10-14H2,1-5H3,(H2,21,26)(H,22,23);1H. The number of rotatable bonds is 5. The summed E-state index contributed by atoms with van der Waals surface area (Å²) >= 11 is 0. The molecule has 1 saturated heterocycles. The summed E-state index contributed by atoms with van der Waals surface area (Å²) in [6, 6.07) is 6.49. The highest BCUT2D eigenvalue weighted by Gasteiger charge is 2.26. The number of amides is 1. The molecular weight excluding hydrogens is 453 g/mol. The van der Waals surface area contributed by atoms with Gasteiger partial charge in [-0.25, -0.2) is 0 Å². The zero-order valence-electron chi connectivity index (χ0n) is 17.2. The van der Waals surface area contributed by atoms with Gasteiger partial charge in [-0.3, -0.25) is 9.79 Å². The predicted molar refractivity (Wildman–Crippen MR) is 124 cm³/mol. The molecule has 0 atom stereocenters. The first-order chi connectivity index (χ1) is 12.3. The summed E-state index contributed by atoms with van der Waals surface area (Å²) in [7, 11) is 0. The van der Waals surface area contributed by atoms with Gasteiger partial charge in [0, 0.05) is 38.4 Å². The van der Waals surface area contributed by atoms with Crippen molar-refractivity contribution in [2.75, 3.05) is 44.2 Å². The van der Waals surface area contributed by atoms with Crippen LogP contribution < -0.4 is 16.0 Å². The second-order valence-electron chi connectivity index (χ2n) is 7.61. The molecule has 2 rings (SSSR count). The van der Waals surface area contributed by atoms with Gasteiger partial charge in [0.15, 0.2) is 5.96 Å². The van der Waals surface area contributed by atoms with Crippen molar-refractivity contribution in [3.63, 3.8) is 0 Å². The quantitative estimate of drug-likeness (QED) is 0.381. The molecule has 0 bridgehead atoms. The van der Waals surface area contributed by atoms with Crippen LogP contribution in [0.1, 0.15) is 31.9 Å². The maximum atomic E-state index is 11.5. The summed E-state index contributed by atoms with van der Waals surface area (Å²) < 4.78 is 0. The van der Waals surface area contributed by atoms with E-state index in [1.54, 1.807) is 0 Å². The van der Waals surface area contributed by atoms with Crippen LogP contribution in [0.4, 0.5) is 5.69 Å². The number of hydrogen-bond donors (Lipinski definition) is 2. The number of carbonyl (C=O) groups excluding carboxylic acids is 1. The first-order valence-corrected chi connectivity index (χ1v) is 9.40. The van der Waals surface area contributed by atoms with Crippen molar-refractivity contribution in [1.82, 2.24) is 10.2 Å². The number of guanidine groups is 1. The number of nitrogens with two attached hydrogens (primary N) is 1. The molecule has 6 nitrogen and oxygen atoms in total. The van der Waals surface area contributed by atoms with Crippen LogP contribution in [0.25, 0.3) is 0 Å². The molecule has 0 unspecified atom stereocenters. The molecule has 1 aliphatic heterocycles. The summed E-state index contributed by atoms with van der Waals surface area (Å²) in [6.45, 7) is 15.0. The number of anilines is 1. The van der Waals surface area contributed by atoms with Crippen molar-refractivity contribution in [3.8, 4) is 0 Å². The van der Waals surface area contributed by atoms with Gasteiger partial charge in [-0.2, -0.15) is 0 Å². The van der Waals surface area contributed by atoms with E-state index in [-0.39, 0.29) is 29.9 Å². The lowest BCUT2D eigenvalue weighted by atomic mass is 9.93. The molecule has 1 heterocycles. The lowest BCUT2D eigenvalue weighted by Gasteiger charge is -2.38. The van der Waals surface area contributed by atoms with Crippen LogP contribution in [-0.4, -0.2) is 56.0 Å². The van der Waals surface area contributed by atoms with E-state index in [9.17, 15) is 4.79 Å². The number of aliphatic imine (C=N–C) groups is 1. The molecule has 0 aromatic heterocycles. The topological polar surface area (TPSA) is 74.0 Å². The maximum absolute atomic E-state index is 11.5. The molecule has 3 N–H and O–H groups in total. The number of nitrogens with one attached hydrogen (secondary N) is 1. The van der Waals surface area contributed by atoms with E-state index in [0.29, 0.717) is 6.54 Å². The normalized spacial score (nSPS) is 15.4. The molecule has 27 heavy (non-hydrogen) atoms. The number of nitrogens with zero attached hydrogens (tertiary/aromatic N) is 3. The molecule has 0 aliphatic carbocycles. The lowest BCUT2D eigenvalue weighted by molar-refractivity contribution is -0.125. The number of piperazine rings is 1. The van der Waals surface area contributed by atoms with E-state index in [2.05, 4.69) is 59.1 Å². The van der Waals surface area contributed by atoms with E-state index in [0.717, 1.165) is 38.7 Å². The molecule has 152 valence electrons. The highest BCUT2D eigenvalue weighted by molar-refractivity contribution is 14.0. The fourth-order valence-electron chi connectivity index (χ4n) is 3.01. The first kappa shape index (κ1) is 23.5. The number of carbonyl (C=O) groups is 1. The Balaban J connectivity index is 0.00000364. The second kappa shape index (κ2) is 10.1. The molecule has 1 aromatic rings. The highest BCUT2D eigenvalue weighted by atomic mass is 127. The van der Waals surface area contributed by atoms with Crippen molar-refractivity contribution < 1.29 is 4.79 Å². The molecule has 1 aromatic carbocycles. The first-order valence-electron chi connectivity index (χ1n) is 9.40. The van der Waals surface area contributed by atoms with E-state index in [1.165, 1.54) is 16.8 Å². The molecule has 1 aliphatic rings. The van der Waals surface area contributed by atoms with Crippen LogP contribution in [0, 0.1) is 19.3 Å². The van der Waals surface area contributed by atoms with Gasteiger partial charge in [-0.05, 0) is 51.8 Å². The maximum Gasteiger partial charge on any atom is 0.224 e. The molecule has 1 fully saturated rings. The van der Waals surface area contributed by atoms with Crippen LogP contribution in [0.2, 0.25) is 0 Å². The largest absolute Gasteiger partial charge is 0.369 e. The summed E-state index contributed by atoms with van der Waals surface area (Å²) in [5, 5.41) is 3.34. The van der Waals surface area contributed by atoms with E-state index in [1.807, 2.05) is 13.8 Å². The zero-order valence-corrected chi connectivity index (χ0v) is 19.5. The van der Waals surface area contributed by atoms with Crippen molar-refractivity contribution in [3.05, 3.63) is 29.3 Å². The molecule has 1 amide bonds. The highest BCUT2D eigenvalue weighted by Crippen LogP contribution is 2.24. The van der Waals surface area contributed by atoms with Gasteiger partial charge in [0.05, 0.1) is 12.0 Å². The van der Waals surface area contributed by atoms with Crippen molar-refractivity contribution in [2.24, 2.45) is 16.1 Å². The van der Waals surface area contributed by atoms with Crippen LogP contribution in [-0.2, 0) is 4.79 Å². The second-order valence-corrected chi connectivity index (χ2v) is 7.61. The van der Waals surface area contributed by atoms with Crippen LogP contribution in [0.5, 0.6) is 0 Å². The Hall–Kier alpha value is -1.51. The number of halogens is 1. The SMILES string of the molecule is CCNC(=NCC(C)(C)C(N)=O)N1CCN(c2cccc(C)c2C)CC1.I. The summed E-state index contributed by atoms with van der Waals surface area (Å²) in [5.74, 6) is 0.541. The van der Waals surface area contributed by atoms with Crippen molar-refractivity contribution >= 4 is 41.5 Å². The number of hydrogen-bond acceptors (Lipinski definition) is 3. The van der Waals surface area contributed by atoms with E-state index >= 15 is 0 Å². The van der Waals surface area contributed by atoms with E-state index in [4.69, 9.17) is 5.73 Å². The Morgan fingerprint density at radius 2 is 1.85 bits per heavy atom. The van der Waals surface area contributed by atoms with E-state index < -0.39 is 5.41 Å². The number of benzene rings is 1. The van der Waals surface area contributed by atoms with Gasteiger partial charge in [-0.15, -0.1) is 24.0 Å². The van der Waals surface area contributed by atoms with Gasteiger partial charge >= 0.3 is 0 Å². The fraction of sp³-hybridized carbons (Fsp3) is 0.600. The Morgan fingerprint density at radius 1 is 1.22 bits per heavy atom. The zero-order chi connectivity index (χ0) is 19.3. The molecule has 0 saturated carbocycles. The Morgan fingerprint density at radius 3 is 2.41 bits per heavy atom. The number of aryl methyl sites for hydroxylation is 1. The molecule has 0 spiro atoms. The average Bonchev–Trinajstić information content (AvgIpc) is 2.61. The summed E-state index contributed by atoms with van der Waals surface area (Å²) in [5.41, 5.74) is 8.83. The van der Waals surface area contributed by atoms with Gasteiger partial charge in [0.2, 0.25) is 5.91 Å².